The van der Waals surface area contributed by atoms with Gasteiger partial charge in [0, 0.05) is 6.42 Å². The van der Waals surface area contributed by atoms with Crippen LogP contribution in [0.2, 0.25) is 0 Å². The summed E-state index contributed by atoms with van der Waals surface area (Å²) in [5.41, 5.74) is 6.06. The fraction of sp³-hybridized carbons (Fsp3) is 0.471. The van der Waals surface area contributed by atoms with Gasteiger partial charge >= 0.3 is 0 Å². The van der Waals surface area contributed by atoms with Crippen molar-refractivity contribution in [3.63, 3.8) is 0 Å². The zero-order valence-electron chi connectivity index (χ0n) is 22.5. The quantitative estimate of drug-likeness (QED) is 0.172. The third-order valence-corrected chi connectivity index (χ3v) is 7.00. The van der Waals surface area contributed by atoms with Crippen molar-refractivity contribution in [2.45, 2.75) is 104 Å². The van der Waals surface area contributed by atoms with Crippen LogP contribution < -0.4 is 4.74 Å². The second-order valence-electron chi connectivity index (χ2n) is 10.1. The molecular weight excluding hydrogens is 443 g/mol. The molecule has 1 nitrogen and oxygen atoms in total. The Morgan fingerprint density at radius 2 is 1.31 bits per heavy atom. The maximum absolute atomic E-state index is 14.4. The van der Waals surface area contributed by atoms with E-state index in [2.05, 4.69) is 62.4 Å². The molecule has 1 atom stereocenters. The average Bonchev–Trinajstić information content (AvgIpc) is 2.91. The predicted octanol–water partition coefficient (Wildman–Crippen LogP) is 10.3. The third kappa shape index (κ3) is 9.80. The SMILES string of the molecule is CCCCCCCC(F)Cc1ccc(OCc2ccccc2-c2ccc(CCCCCC)cc2)cc1. The summed E-state index contributed by atoms with van der Waals surface area (Å²) in [7, 11) is 0. The van der Waals surface area contributed by atoms with Crippen LogP contribution in [0, 0.1) is 0 Å². The Labute approximate surface area is 219 Å². The van der Waals surface area contributed by atoms with Gasteiger partial charge in [-0.2, -0.15) is 0 Å². The second kappa shape index (κ2) is 16.2. The molecule has 0 radical (unpaired) electrons. The van der Waals surface area contributed by atoms with E-state index in [1.54, 1.807) is 0 Å². The molecule has 0 spiro atoms. The van der Waals surface area contributed by atoms with Gasteiger partial charge in [0.15, 0.2) is 0 Å². The largest absolute Gasteiger partial charge is 0.489 e. The Hall–Kier alpha value is -2.61. The molecule has 0 aromatic heterocycles. The van der Waals surface area contributed by atoms with E-state index in [0.717, 1.165) is 30.6 Å². The van der Waals surface area contributed by atoms with Crippen LogP contribution in [0.15, 0.2) is 72.8 Å². The van der Waals surface area contributed by atoms with Gasteiger partial charge in [-0.1, -0.05) is 126 Å². The van der Waals surface area contributed by atoms with Crippen LogP contribution in [0.3, 0.4) is 0 Å². The van der Waals surface area contributed by atoms with Crippen LogP contribution in [0.1, 0.15) is 94.7 Å². The van der Waals surface area contributed by atoms with Crippen LogP contribution in [-0.2, 0) is 19.4 Å². The fourth-order valence-corrected chi connectivity index (χ4v) is 4.74. The highest BCUT2D eigenvalue weighted by Gasteiger charge is 2.09. The van der Waals surface area contributed by atoms with Gasteiger partial charge in [0.25, 0.3) is 0 Å². The summed E-state index contributed by atoms with van der Waals surface area (Å²) >= 11 is 0. The molecule has 1 unspecified atom stereocenters. The predicted molar refractivity (Wildman–Crippen MR) is 152 cm³/mol. The van der Waals surface area contributed by atoms with Gasteiger partial charge in [-0.3, -0.25) is 0 Å². The number of unbranched alkanes of at least 4 members (excludes halogenated alkanes) is 7. The molecular formula is C34H45FO. The summed E-state index contributed by atoms with van der Waals surface area (Å²) < 4.78 is 20.5. The van der Waals surface area contributed by atoms with Crippen molar-refractivity contribution in [3.05, 3.63) is 89.5 Å². The van der Waals surface area contributed by atoms with Gasteiger partial charge in [-0.15, -0.1) is 0 Å². The summed E-state index contributed by atoms with van der Waals surface area (Å²) in [4.78, 5) is 0. The van der Waals surface area contributed by atoms with E-state index in [0.29, 0.717) is 19.4 Å². The first-order valence-electron chi connectivity index (χ1n) is 14.2. The lowest BCUT2D eigenvalue weighted by molar-refractivity contribution is 0.300. The minimum atomic E-state index is -0.756. The Morgan fingerprint density at radius 1 is 0.667 bits per heavy atom. The molecule has 0 aliphatic heterocycles. The van der Waals surface area contributed by atoms with Crippen LogP contribution in [0.5, 0.6) is 5.75 Å². The smallest absolute Gasteiger partial charge is 0.119 e. The highest BCUT2D eigenvalue weighted by molar-refractivity contribution is 5.67. The number of rotatable bonds is 17. The van der Waals surface area contributed by atoms with E-state index in [4.69, 9.17) is 4.74 Å². The summed E-state index contributed by atoms with van der Waals surface area (Å²) in [5, 5.41) is 0. The highest BCUT2D eigenvalue weighted by atomic mass is 19.1. The maximum Gasteiger partial charge on any atom is 0.119 e. The van der Waals surface area contributed by atoms with Gasteiger partial charge in [0.1, 0.15) is 18.5 Å². The number of halogens is 1. The van der Waals surface area contributed by atoms with Crippen molar-refractivity contribution in [1.29, 1.82) is 0 Å². The van der Waals surface area contributed by atoms with Gasteiger partial charge < -0.3 is 4.74 Å². The van der Waals surface area contributed by atoms with E-state index < -0.39 is 6.17 Å². The molecule has 194 valence electrons. The minimum absolute atomic E-state index is 0.492. The van der Waals surface area contributed by atoms with Crippen molar-refractivity contribution >= 4 is 0 Å². The zero-order valence-corrected chi connectivity index (χ0v) is 22.5. The first-order chi connectivity index (χ1) is 17.7. The summed E-state index contributed by atoms with van der Waals surface area (Å²) in [6.45, 7) is 4.97. The molecule has 0 aliphatic carbocycles. The number of hydrogen-bond donors (Lipinski definition) is 0. The number of ether oxygens (including phenoxy) is 1. The normalized spacial score (nSPS) is 12.0. The molecule has 0 bridgehead atoms. The molecule has 3 aromatic rings. The van der Waals surface area contributed by atoms with E-state index in [-0.39, 0.29) is 0 Å². The number of aryl methyl sites for hydroxylation is 1. The maximum atomic E-state index is 14.4. The highest BCUT2D eigenvalue weighted by Crippen LogP contribution is 2.26. The van der Waals surface area contributed by atoms with E-state index in [1.807, 2.05) is 24.3 Å². The molecule has 0 saturated heterocycles. The summed E-state index contributed by atoms with van der Waals surface area (Å²) in [5.74, 6) is 0.825. The van der Waals surface area contributed by atoms with Gasteiger partial charge in [-0.25, -0.2) is 4.39 Å². The molecule has 0 heterocycles. The van der Waals surface area contributed by atoms with Crippen LogP contribution in [0.4, 0.5) is 4.39 Å². The van der Waals surface area contributed by atoms with Gasteiger partial charge in [0.05, 0.1) is 0 Å². The van der Waals surface area contributed by atoms with Crippen molar-refractivity contribution in [2.24, 2.45) is 0 Å². The van der Waals surface area contributed by atoms with Gasteiger partial charge in [0.2, 0.25) is 0 Å². The Bertz CT molecular complexity index is 977. The average molecular weight is 489 g/mol. The van der Waals surface area contributed by atoms with E-state index in [9.17, 15) is 4.39 Å². The lowest BCUT2D eigenvalue weighted by Gasteiger charge is -2.13. The second-order valence-corrected chi connectivity index (χ2v) is 10.1. The summed E-state index contributed by atoms with van der Waals surface area (Å²) in [6, 6.07) is 25.4. The molecule has 0 amide bonds. The Morgan fingerprint density at radius 3 is 2.03 bits per heavy atom. The molecule has 0 fully saturated rings. The zero-order chi connectivity index (χ0) is 25.4. The van der Waals surface area contributed by atoms with Crippen molar-refractivity contribution < 1.29 is 9.13 Å². The minimum Gasteiger partial charge on any atom is -0.489 e. The third-order valence-electron chi connectivity index (χ3n) is 7.00. The van der Waals surface area contributed by atoms with Crippen molar-refractivity contribution in [3.8, 4) is 16.9 Å². The molecule has 36 heavy (non-hydrogen) atoms. The van der Waals surface area contributed by atoms with Gasteiger partial charge in [-0.05, 0) is 59.2 Å². The lowest BCUT2D eigenvalue weighted by atomic mass is 9.97. The Balaban J connectivity index is 1.50. The van der Waals surface area contributed by atoms with E-state index >= 15 is 0 Å². The standard InChI is InChI=1S/C34H45FO/c1-3-5-7-9-11-16-32(35)26-29-20-24-33(25-21-29)36-27-31-15-12-13-17-34(31)30-22-18-28(19-23-30)14-10-8-6-4-2/h12-13,15,17-25,32H,3-11,14,16,26-27H2,1-2H3. The van der Waals surface area contributed by atoms with E-state index in [1.165, 1.54) is 67.2 Å². The molecule has 0 aliphatic rings. The van der Waals surface area contributed by atoms with Crippen LogP contribution in [0.25, 0.3) is 11.1 Å². The monoisotopic (exact) mass is 488 g/mol. The first-order valence-corrected chi connectivity index (χ1v) is 14.2. The first kappa shape index (κ1) is 28.0. The lowest BCUT2D eigenvalue weighted by Crippen LogP contribution is -2.05. The van der Waals surface area contributed by atoms with Crippen molar-refractivity contribution in [1.82, 2.24) is 0 Å². The number of hydrogen-bond acceptors (Lipinski definition) is 1. The molecule has 0 saturated carbocycles. The summed E-state index contributed by atoms with van der Waals surface area (Å²) in [6.07, 6.45) is 12.6. The van der Waals surface area contributed by atoms with Crippen LogP contribution in [-0.4, -0.2) is 6.17 Å². The molecule has 3 aromatic carbocycles. The molecule has 2 heteroatoms. The fourth-order valence-electron chi connectivity index (χ4n) is 4.74. The number of benzene rings is 3. The topological polar surface area (TPSA) is 9.23 Å². The Kier molecular flexibility index (Phi) is 12.6. The van der Waals surface area contributed by atoms with Crippen LogP contribution >= 0.6 is 0 Å². The molecule has 0 N–H and O–H groups in total. The molecule has 3 rings (SSSR count). The number of alkyl halides is 1. The van der Waals surface area contributed by atoms with Crippen molar-refractivity contribution in [2.75, 3.05) is 0 Å².